The summed E-state index contributed by atoms with van der Waals surface area (Å²) in [5.41, 5.74) is 2.38. The second kappa shape index (κ2) is 16.1. The number of hydrazine groups is 1. The zero-order valence-corrected chi connectivity index (χ0v) is 35.1. The fourth-order valence-electron chi connectivity index (χ4n) is 9.81. The molecular weight excluding hydrogens is 872 g/mol. The first-order valence-corrected chi connectivity index (χ1v) is 20.9. The summed E-state index contributed by atoms with van der Waals surface area (Å²) < 4.78 is 46.1. The molecule has 0 unspecified atom stereocenters. The summed E-state index contributed by atoms with van der Waals surface area (Å²) in [4.78, 5) is 77.5. The number of methoxy groups -OCH3 is 1. The summed E-state index contributed by atoms with van der Waals surface area (Å²) >= 11 is 12.7. The van der Waals surface area contributed by atoms with Crippen molar-refractivity contribution < 1.29 is 47.0 Å². The summed E-state index contributed by atoms with van der Waals surface area (Å²) in [6, 6.07) is 26.5. The summed E-state index contributed by atoms with van der Waals surface area (Å²) in [6.45, 7) is 0. The highest BCUT2D eigenvalue weighted by molar-refractivity contribution is 6.33. The number of alkyl halides is 3. The molecule has 0 spiro atoms. The number of rotatable bonds is 9. The molecule has 0 bridgehead atoms. The van der Waals surface area contributed by atoms with Crippen LogP contribution in [0.15, 0.2) is 127 Å². The Morgan fingerprint density at radius 3 is 2.27 bits per heavy atom. The number of hydrogen-bond donors (Lipinski definition) is 2. The van der Waals surface area contributed by atoms with Crippen molar-refractivity contribution in [3.8, 4) is 11.5 Å². The van der Waals surface area contributed by atoms with Gasteiger partial charge in [-0.3, -0.25) is 34.3 Å². The first-order valence-electron chi connectivity index (χ1n) is 20.1. The van der Waals surface area contributed by atoms with Gasteiger partial charge in [-0.1, -0.05) is 95.5 Å². The molecule has 4 amide bonds. The predicted octanol–water partition coefficient (Wildman–Crippen LogP) is 9.09. The number of amides is 4. The van der Waals surface area contributed by atoms with Crippen LogP contribution in [0.2, 0.25) is 10.0 Å². The van der Waals surface area contributed by atoms with Gasteiger partial charge < -0.3 is 9.84 Å². The lowest BCUT2D eigenvalue weighted by atomic mass is 9.50. The van der Waals surface area contributed by atoms with Gasteiger partial charge in [0, 0.05) is 28.3 Å². The van der Waals surface area contributed by atoms with Gasteiger partial charge in [0.15, 0.2) is 23.1 Å². The van der Waals surface area contributed by atoms with Crippen LogP contribution in [0.3, 0.4) is 0 Å². The summed E-state index contributed by atoms with van der Waals surface area (Å²) in [5.74, 6) is -7.79. The monoisotopic (exact) mass is 906 g/mol. The third kappa shape index (κ3) is 6.92. The lowest BCUT2D eigenvalue weighted by molar-refractivity contribution is -0.139. The van der Waals surface area contributed by atoms with E-state index in [1.807, 2.05) is 6.08 Å². The van der Waals surface area contributed by atoms with E-state index in [9.17, 15) is 37.5 Å². The highest BCUT2D eigenvalue weighted by Crippen LogP contribution is 2.62. The number of ketones is 1. The van der Waals surface area contributed by atoms with Crippen molar-refractivity contribution in [2.75, 3.05) is 17.4 Å². The molecule has 16 heteroatoms. The first-order chi connectivity index (χ1) is 30.6. The molecule has 2 aliphatic heterocycles. The summed E-state index contributed by atoms with van der Waals surface area (Å²) in [5, 5.41) is 10.9. The van der Waals surface area contributed by atoms with Crippen LogP contribution in [-0.4, -0.2) is 51.6 Å². The normalized spacial score (nSPS) is 24.1. The van der Waals surface area contributed by atoms with Gasteiger partial charge >= 0.3 is 6.18 Å². The average Bonchev–Trinajstić information content (AvgIpc) is 3.67. The fourth-order valence-corrected chi connectivity index (χ4v) is 10.1. The van der Waals surface area contributed by atoms with Crippen LogP contribution in [0, 0.1) is 29.6 Å². The van der Waals surface area contributed by atoms with Crippen molar-refractivity contribution in [3.05, 3.63) is 165 Å². The van der Waals surface area contributed by atoms with Crippen molar-refractivity contribution in [1.82, 2.24) is 9.99 Å². The Labute approximate surface area is 373 Å². The number of allylic oxidation sites excluding steroid dienone is 3. The quantitative estimate of drug-likeness (QED) is 0.0841. The van der Waals surface area contributed by atoms with Crippen molar-refractivity contribution in [1.29, 1.82) is 0 Å². The van der Waals surface area contributed by atoms with Crippen molar-refractivity contribution in [2.24, 2.45) is 29.6 Å². The van der Waals surface area contributed by atoms with Crippen LogP contribution < -0.4 is 15.1 Å². The van der Waals surface area contributed by atoms with E-state index in [-0.39, 0.29) is 41.6 Å². The van der Waals surface area contributed by atoms with Crippen molar-refractivity contribution in [2.45, 2.75) is 24.4 Å². The molecular formula is C48H35Cl2F3N4O7. The number of carbonyl (C=O) groups excluding carboxylic acids is 5. The second-order valence-corrected chi connectivity index (χ2v) is 16.9. The molecule has 4 aromatic carbocycles. The highest BCUT2D eigenvalue weighted by atomic mass is 35.5. The molecule has 3 fully saturated rings. The third-order valence-corrected chi connectivity index (χ3v) is 13.3. The predicted molar refractivity (Wildman–Crippen MR) is 230 cm³/mol. The Morgan fingerprint density at radius 1 is 0.891 bits per heavy atom. The van der Waals surface area contributed by atoms with Crippen LogP contribution in [0.25, 0.3) is 6.08 Å². The van der Waals surface area contributed by atoms with Crippen molar-refractivity contribution >= 4 is 70.2 Å². The Kier molecular flexibility index (Phi) is 10.7. The maximum atomic E-state index is 15.4. The zero-order valence-electron chi connectivity index (χ0n) is 33.6. The number of carbonyl (C=O) groups is 5. The largest absolute Gasteiger partial charge is 0.504 e. The number of imide groups is 2. The number of benzene rings is 4. The number of phenolic OH excluding ortho intramolecular Hbond substituents is 1. The summed E-state index contributed by atoms with van der Waals surface area (Å²) in [6.07, 6.45) is 1.09. The number of ether oxygens (including phenoxy) is 1. The number of fused-ring (bicyclic) bond motifs is 4. The number of halogens is 5. The zero-order chi connectivity index (χ0) is 45.2. The number of phenols is 1. The molecule has 0 radical (unpaired) electrons. The number of nitrogens with one attached hydrogen (secondary N) is 1. The number of nitrogens with zero attached hydrogens (tertiary/aromatic N) is 3. The van der Waals surface area contributed by atoms with Gasteiger partial charge in [0.25, 0.3) is 11.8 Å². The standard InChI is InChI=1S/C48H35Cl2F3N4O7/c1-64-39-21-25(8-20-38(39)58)7-19-35-32-17-18-33-40(45(62)56(43(33)60)31-15-9-27(10-16-31)41(59)26-5-3-2-4-6-26)34(32)23-36-44(61)57(46(63)47(35,36)28-11-13-30(49)14-12-28)55-42-37(50)22-29(24-54-42)48(51,52)53/h2-17,19-22,24,33-36,40,58H,18,23H2,1H3,(H,54,55)/t33-,34+,35-,36-,40-,47-/m0/s1. The van der Waals surface area contributed by atoms with E-state index in [0.29, 0.717) is 50.1 Å². The van der Waals surface area contributed by atoms with E-state index >= 15 is 4.79 Å². The summed E-state index contributed by atoms with van der Waals surface area (Å²) in [7, 11) is 1.39. The van der Waals surface area contributed by atoms with Gasteiger partial charge in [0.1, 0.15) is 0 Å². The van der Waals surface area contributed by atoms with Crippen LogP contribution in [0.1, 0.15) is 45.5 Å². The minimum Gasteiger partial charge on any atom is -0.504 e. The molecule has 2 saturated heterocycles. The minimum absolute atomic E-state index is 0.0820. The Bertz CT molecular complexity index is 2820. The molecule has 5 aromatic rings. The molecule has 11 nitrogen and oxygen atoms in total. The number of hydrogen-bond acceptors (Lipinski definition) is 9. The van der Waals surface area contributed by atoms with Gasteiger partial charge in [0.2, 0.25) is 11.8 Å². The Morgan fingerprint density at radius 2 is 1.59 bits per heavy atom. The van der Waals surface area contributed by atoms with Gasteiger partial charge in [0.05, 0.1) is 46.6 Å². The molecule has 324 valence electrons. The number of pyridine rings is 1. The van der Waals surface area contributed by atoms with Crippen LogP contribution in [0.4, 0.5) is 24.7 Å². The smallest absolute Gasteiger partial charge is 0.417 e. The molecule has 4 aliphatic rings. The number of anilines is 2. The first kappa shape index (κ1) is 42.5. The van der Waals surface area contributed by atoms with Gasteiger partial charge in [-0.2, -0.15) is 18.2 Å². The Balaban J connectivity index is 1.15. The molecule has 64 heavy (non-hydrogen) atoms. The molecule has 2 aliphatic carbocycles. The van der Waals surface area contributed by atoms with Crippen molar-refractivity contribution in [3.63, 3.8) is 0 Å². The van der Waals surface area contributed by atoms with Gasteiger partial charge in [-0.25, -0.2) is 4.98 Å². The maximum absolute atomic E-state index is 15.4. The molecule has 3 heterocycles. The number of aromatic nitrogens is 1. The van der Waals surface area contributed by atoms with Gasteiger partial charge in [-0.05, 0) is 84.5 Å². The van der Waals surface area contributed by atoms with E-state index in [1.165, 1.54) is 13.2 Å². The average molecular weight is 908 g/mol. The molecule has 1 saturated carbocycles. The maximum Gasteiger partial charge on any atom is 0.417 e. The lowest BCUT2D eigenvalue weighted by Crippen LogP contribution is -2.54. The molecule has 1 aromatic heterocycles. The lowest BCUT2D eigenvalue weighted by Gasteiger charge is -2.49. The molecule has 9 rings (SSSR count). The fraction of sp³-hybridized carbons (Fsp3) is 0.208. The molecule has 6 atom stereocenters. The third-order valence-electron chi connectivity index (χ3n) is 12.7. The van der Waals surface area contributed by atoms with E-state index in [2.05, 4.69) is 10.4 Å². The highest BCUT2D eigenvalue weighted by Gasteiger charge is 2.69. The van der Waals surface area contributed by atoms with Gasteiger partial charge in [-0.15, -0.1) is 0 Å². The Hall–Kier alpha value is -6.77. The van der Waals surface area contributed by atoms with Crippen LogP contribution in [-0.2, 0) is 30.8 Å². The minimum atomic E-state index is -4.77. The second-order valence-electron chi connectivity index (χ2n) is 16.0. The topological polar surface area (TPSA) is 146 Å². The SMILES string of the molecule is COc1cc(C=C[C@H]2C3=CC[C@@H]4C(=O)N(c5ccc(C(=O)c6ccccc6)cc5)C(=O)[C@@H]4[C@@H]3C[C@H]3C(=O)N(Nc4ncc(C(F)(F)F)cc4Cl)C(=O)[C@@]23c2ccc(Cl)cc2)ccc1O. The van der Waals surface area contributed by atoms with E-state index < -0.39 is 75.4 Å². The van der Waals surface area contributed by atoms with E-state index in [1.54, 1.807) is 103 Å². The van der Waals surface area contributed by atoms with E-state index in [4.69, 9.17) is 27.9 Å². The molecule has 2 N–H and O–H groups in total. The van der Waals surface area contributed by atoms with Crippen LogP contribution >= 0.6 is 23.2 Å². The van der Waals surface area contributed by atoms with E-state index in [0.717, 1.165) is 4.90 Å². The number of aromatic hydroxyl groups is 1. The van der Waals surface area contributed by atoms with Crippen LogP contribution in [0.5, 0.6) is 11.5 Å².